The Bertz CT molecular complexity index is 935. The minimum atomic E-state index is -0.223. The molecule has 0 atom stereocenters. The molecule has 1 saturated heterocycles. The van der Waals surface area contributed by atoms with Gasteiger partial charge in [-0.3, -0.25) is 9.69 Å². The third-order valence-electron chi connectivity index (χ3n) is 6.16. The van der Waals surface area contributed by atoms with Gasteiger partial charge >= 0.3 is 6.03 Å². The molecule has 0 radical (unpaired) electrons. The number of carbonyl (C=O) groups is 2. The van der Waals surface area contributed by atoms with Crippen molar-refractivity contribution in [3.8, 4) is 0 Å². The van der Waals surface area contributed by atoms with Gasteiger partial charge in [0.2, 0.25) is 0 Å². The van der Waals surface area contributed by atoms with Crippen LogP contribution in [0.1, 0.15) is 41.3 Å². The van der Waals surface area contributed by atoms with Crippen molar-refractivity contribution in [2.75, 3.05) is 38.0 Å². The fraction of sp³-hybridized carbons (Fsp3) is 0.440. The van der Waals surface area contributed by atoms with Crippen molar-refractivity contribution in [2.45, 2.75) is 38.9 Å². The lowest BCUT2D eigenvalue weighted by molar-refractivity contribution is 0.0950. The molecule has 1 heterocycles. The molecule has 170 valence electrons. The third kappa shape index (κ3) is 6.31. The number of rotatable bonds is 8. The maximum Gasteiger partial charge on any atom is 0.319 e. The van der Waals surface area contributed by atoms with E-state index in [1.165, 1.54) is 5.56 Å². The molecule has 7 nitrogen and oxygen atoms in total. The molecule has 3 amide bonds. The normalized spacial score (nSPS) is 17.0. The average molecular weight is 436 g/mol. The summed E-state index contributed by atoms with van der Waals surface area (Å²) in [5.41, 5.74) is 3.53. The van der Waals surface area contributed by atoms with Gasteiger partial charge in [-0.25, -0.2) is 4.79 Å². The van der Waals surface area contributed by atoms with Crippen LogP contribution < -0.4 is 16.0 Å². The van der Waals surface area contributed by atoms with E-state index in [1.807, 2.05) is 6.07 Å². The van der Waals surface area contributed by atoms with Crippen LogP contribution >= 0.6 is 0 Å². The summed E-state index contributed by atoms with van der Waals surface area (Å²) in [6, 6.07) is 15.4. The van der Waals surface area contributed by atoms with E-state index in [4.69, 9.17) is 0 Å². The molecule has 7 heteroatoms. The van der Waals surface area contributed by atoms with Crippen LogP contribution in [-0.4, -0.2) is 60.5 Å². The Labute approximate surface area is 190 Å². The number of urea groups is 1. The van der Waals surface area contributed by atoms with Crippen molar-refractivity contribution in [3.05, 3.63) is 65.2 Å². The van der Waals surface area contributed by atoms with Crippen LogP contribution in [0.25, 0.3) is 0 Å². The van der Waals surface area contributed by atoms with E-state index in [2.05, 4.69) is 50.9 Å². The van der Waals surface area contributed by atoms with Crippen molar-refractivity contribution in [2.24, 2.45) is 0 Å². The summed E-state index contributed by atoms with van der Waals surface area (Å²) >= 11 is 0. The van der Waals surface area contributed by atoms with Gasteiger partial charge < -0.3 is 20.9 Å². The first-order chi connectivity index (χ1) is 15.6. The Kier molecular flexibility index (Phi) is 7.39. The predicted octanol–water partition coefficient (Wildman–Crippen LogP) is 3.04. The number of amides is 3. The molecule has 2 aliphatic rings. The minimum Gasteiger partial charge on any atom is -0.348 e. The van der Waals surface area contributed by atoms with Gasteiger partial charge in [-0.1, -0.05) is 37.3 Å². The Balaban J connectivity index is 1.32. The molecular formula is C25H33N5O2. The topological polar surface area (TPSA) is 76.7 Å². The quantitative estimate of drug-likeness (QED) is 0.596. The molecule has 0 aromatic heterocycles. The maximum absolute atomic E-state index is 12.8. The number of hydrogen-bond donors (Lipinski definition) is 3. The zero-order chi connectivity index (χ0) is 22.3. The van der Waals surface area contributed by atoms with Gasteiger partial charge in [0.1, 0.15) is 0 Å². The Hall–Kier alpha value is -2.90. The number of carbonyl (C=O) groups excluding carboxylic acids is 2. The van der Waals surface area contributed by atoms with E-state index < -0.39 is 0 Å². The molecule has 0 unspecified atom stereocenters. The van der Waals surface area contributed by atoms with Crippen molar-refractivity contribution in [1.82, 2.24) is 20.4 Å². The second kappa shape index (κ2) is 10.6. The highest BCUT2D eigenvalue weighted by atomic mass is 16.2. The number of hydrogen-bond acceptors (Lipinski definition) is 4. The lowest BCUT2D eigenvalue weighted by atomic mass is 10.1. The largest absolute Gasteiger partial charge is 0.348 e. The van der Waals surface area contributed by atoms with Crippen molar-refractivity contribution < 1.29 is 9.59 Å². The van der Waals surface area contributed by atoms with Crippen LogP contribution in [0.15, 0.2) is 48.5 Å². The van der Waals surface area contributed by atoms with Crippen LogP contribution in [0.5, 0.6) is 0 Å². The zero-order valence-corrected chi connectivity index (χ0v) is 18.8. The van der Waals surface area contributed by atoms with Crippen molar-refractivity contribution in [3.63, 3.8) is 0 Å². The third-order valence-corrected chi connectivity index (χ3v) is 6.16. The smallest absolute Gasteiger partial charge is 0.319 e. The van der Waals surface area contributed by atoms with Gasteiger partial charge in [0.15, 0.2) is 0 Å². The van der Waals surface area contributed by atoms with E-state index in [0.29, 0.717) is 17.8 Å². The van der Waals surface area contributed by atoms with Crippen LogP contribution in [0.3, 0.4) is 0 Å². The van der Waals surface area contributed by atoms with Gasteiger partial charge in [-0.05, 0) is 48.7 Å². The first-order valence-corrected chi connectivity index (χ1v) is 11.6. The first-order valence-electron chi connectivity index (χ1n) is 11.6. The molecule has 1 aliphatic carbocycles. The number of likely N-dealkylation sites (N-methyl/N-ethyl adjacent to an activating group) is 1. The van der Waals surface area contributed by atoms with Gasteiger partial charge in [0, 0.05) is 56.6 Å². The summed E-state index contributed by atoms with van der Waals surface area (Å²) in [6.45, 7) is 9.06. The number of nitrogens with zero attached hydrogens (tertiary/aromatic N) is 2. The number of piperazine rings is 1. The summed E-state index contributed by atoms with van der Waals surface area (Å²) < 4.78 is 0. The Morgan fingerprint density at radius 1 is 0.938 bits per heavy atom. The van der Waals surface area contributed by atoms with E-state index in [9.17, 15) is 9.59 Å². The van der Waals surface area contributed by atoms with Gasteiger partial charge in [-0.15, -0.1) is 0 Å². The highest BCUT2D eigenvalue weighted by Crippen LogP contribution is 2.19. The number of nitrogens with one attached hydrogen (secondary N) is 3. The highest BCUT2D eigenvalue weighted by Gasteiger charge is 2.23. The second-order valence-corrected chi connectivity index (χ2v) is 8.62. The first kappa shape index (κ1) is 22.3. The van der Waals surface area contributed by atoms with Gasteiger partial charge in [0.05, 0.1) is 0 Å². The molecule has 4 rings (SSSR count). The summed E-state index contributed by atoms with van der Waals surface area (Å²) in [7, 11) is 0. The fourth-order valence-electron chi connectivity index (χ4n) is 3.98. The molecule has 2 fully saturated rings. The SMILES string of the molecule is CCN1CCN(Cc2ccccc2CNC(=O)c2cccc(NC(=O)NC3CC3)c2)CC1. The lowest BCUT2D eigenvalue weighted by Gasteiger charge is -2.34. The molecule has 0 spiro atoms. The second-order valence-electron chi connectivity index (χ2n) is 8.62. The lowest BCUT2D eigenvalue weighted by Crippen LogP contribution is -2.45. The van der Waals surface area contributed by atoms with Crippen LogP contribution in [0, 0.1) is 0 Å². The molecular weight excluding hydrogens is 402 g/mol. The molecule has 2 aromatic rings. The monoisotopic (exact) mass is 435 g/mol. The predicted molar refractivity (Wildman–Crippen MR) is 127 cm³/mol. The summed E-state index contributed by atoms with van der Waals surface area (Å²) in [4.78, 5) is 29.7. The molecule has 32 heavy (non-hydrogen) atoms. The standard InChI is InChI=1S/C25H33N5O2/c1-2-29-12-14-30(15-13-29)18-21-7-4-3-6-20(21)17-26-24(31)19-8-5-9-23(16-19)28-25(32)27-22-10-11-22/h3-9,16,22H,2,10-15,17-18H2,1H3,(H,26,31)(H2,27,28,32). The van der Waals surface area contributed by atoms with E-state index in [0.717, 1.165) is 57.7 Å². The molecule has 1 saturated carbocycles. The van der Waals surface area contributed by atoms with E-state index in [-0.39, 0.29) is 18.0 Å². The Morgan fingerprint density at radius 3 is 2.38 bits per heavy atom. The van der Waals surface area contributed by atoms with Crippen LogP contribution in [-0.2, 0) is 13.1 Å². The zero-order valence-electron chi connectivity index (χ0n) is 18.8. The summed E-state index contributed by atoms with van der Waals surface area (Å²) in [5, 5.41) is 8.73. The number of anilines is 1. The molecule has 0 bridgehead atoms. The van der Waals surface area contributed by atoms with Crippen molar-refractivity contribution in [1.29, 1.82) is 0 Å². The van der Waals surface area contributed by atoms with E-state index >= 15 is 0 Å². The Morgan fingerprint density at radius 2 is 1.66 bits per heavy atom. The highest BCUT2D eigenvalue weighted by molar-refractivity contribution is 5.96. The number of benzene rings is 2. The molecule has 2 aromatic carbocycles. The maximum atomic E-state index is 12.8. The fourth-order valence-corrected chi connectivity index (χ4v) is 3.98. The minimum absolute atomic E-state index is 0.150. The summed E-state index contributed by atoms with van der Waals surface area (Å²) in [5.74, 6) is -0.150. The summed E-state index contributed by atoms with van der Waals surface area (Å²) in [6.07, 6.45) is 2.07. The van der Waals surface area contributed by atoms with Crippen LogP contribution in [0.4, 0.5) is 10.5 Å². The van der Waals surface area contributed by atoms with E-state index in [1.54, 1.807) is 24.3 Å². The van der Waals surface area contributed by atoms with Crippen LogP contribution in [0.2, 0.25) is 0 Å². The molecule has 1 aliphatic heterocycles. The average Bonchev–Trinajstić information content (AvgIpc) is 3.63. The van der Waals surface area contributed by atoms with Gasteiger partial charge in [-0.2, -0.15) is 0 Å². The molecule has 3 N–H and O–H groups in total. The van der Waals surface area contributed by atoms with Crippen molar-refractivity contribution >= 4 is 17.6 Å². The van der Waals surface area contributed by atoms with Gasteiger partial charge in [0.25, 0.3) is 5.91 Å².